The largest absolute Gasteiger partial charge is 0.491 e. The van der Waals surface area contributed by atoms with Crippen molar-refractivity contribution in [2.24, 2.45) is 23.7 Å². The second-order valence-corrected chi connectivity index (χ2v) is 15.5. The molecular formula is C49H38N2O7. The highest BCUT2D eigenvalue weighted by Crippen LogP contribution is 2.63. The lowest BCUT2D eigenvalue weighted by Crippen LogP contribution is -2.58. The first kappa shape index (κ1) is 35.7. The Kier molecular flexibility index (Phi) is 8.64. The standard InChI is InChI=1S/C49H38N2O7/c52-25-26-57-34-21-17-30(18-22-34)44-35-23-24-36-43(48(56)51(47(36)55)33-19-15-31(16-20-33)46-50-40-13-7-8-14-41(40)58-46)38(35)27-39-45(54)37(29-9-3-1-4-10-29)28-42(53)49(39,44)32-11-5-2-6-12-32/h1-23,28,36,38-39,43-44,52H,24-27H2. The average Bonchev–Trinajstić information content (AvgIpc) is 3.82. The number of nitrogens with zero attached hydrogens (tertiary/aromatic N) is 2. The number of aliphatic hydroxyl groups is 1. The Morgan fingerprint density at radius 3 is 2.19 bits per heavy atom. The number of carbonyl (C=O) groups excluding carboxylic acids is 4. The minimum Gasteiger partial charge on any atom is -0.491 e. The van der Waals surface area contributed by atoms with E-state index in [9.17, 15) is 14.7 Å². The van der Waals surface area contributed by atoms with Crippen LogP contribution in [-0.4, -0.2) is 46.7 Å². The number of rotatable bonds is 8. The first-order valence-corrected chi connectivity index (χ1v) is 19.7. The molecule has 2 fully saturated rings. The van der Waals surface area contributed by atoms with E-state index >= 15 is 9.59 Å². The number of aliphatic hydroxyl groups excluding tert-OH is 1. The zero-order chi connectivity index (χ0) is 39.5. The highest BCUT2D eigenvalue weighted by molar-refractivity contribution is 6.32. The monoisotopic (exact) mass is 766 g/mol. The van der Waals surface area contributed by atoms with Gasteiger partial charge in [-0.25, -0.2) is 4.98 Å². The van der Waals surface area contributed by atoms with Gasteiger partial charge in [-0.1, -0.05) is 96.6 Å². The van der Waals surface area contributed by atoms with Gasteiger partial charge in [-0.2, -0.15) is 0 Å². The smallest absolute Gasteiger partial charge is 0.238 e. The second kappa shape index (κ2) is 14.0. The fourth-order valence-corrected chi connectivity index (χ4v) is 10.2. The lowest BCUT2D eigenvalue weighted by atomic mass is 9.44. The Bertz CT molecular complexity index is 2630. The van der Waals surface area contributed by atoms with Crippen LogP contribution in [-0.2, 0) is 24.6 Å². The van der Waals surface area contributed by atoms with Crippen LogP contribution in [0.5, 0.6) is 5.75 Å². The number of ketones is 2. The number of oxazole rings is 1. The molecule has 1 saturated heterocycles. The van der Waals surface area contributed by atoms with Crippen LogP contribution in [0, 0.1) is 23.7 Å². The molecule has 10 rings (SSSR count). The van der Waals surface area contributed by atoms with E-state index in [1.807, 2.05) is 109 Å². The Morgan fingerprint density at radius 1 is 0.759 bits per heavy atom. The molecule has 6 aromatic rings. The molecule has 3 aliphatic carbocycles. The molecular weight excluding hydrogens is 729 g/mol. The molecule has 6 unspecified atom stereocenters. The minimum absolute atomic E-state index is 0.126. The number of imide groups is 1. The number of allylic oxidation sites excluding steroid dienone is 4. The van der Waals surface area contributed by atoms with E-state index < -0.39 is 35.0 Å². The maximum absolute atomic E-state index is 15.3. The molecule has 4 aliphatic rings. The number of hydrogen-bond acceptors (Lipinski definition) is 8. The number of amides is 2. The summed E-state index contributed by atoms with van der Waals surface area (Å²) in [4.78, 5) is 65.6. The summed E-state index contributed by atoms with van der Waals surface area (Å²) in [5.41, 5.74) is 4.64. The van der Waals surface area contributed by atoms with Crippen molar-refractivity contribution in [1.29, 1.82) is 0 Å². The molecule has 5 aromatic carbocycles. The lowest BCUT2D eigenvalue weighted by Gasteiger charge is -2.55. The number of ether oxygens (including phenoxy) is 1. The highest BCUT2D eigenvalue weighted by atomic mass is 16.5. The third kappa shape index (κ3) is 5.45. The summed E-state index contributed by atoms with van der Waals surface area (Å²) in [6, 6.07) is 40.8. The highest BCUT2D eigenvalue weighted by Gasteiger charge is 2.66. The summed E-state index contributed by atoms with van der Waals surface area (Å²) in [5.74, 6) is -3.27. The van der Waals surface area contributed by atoms with Gasteiger partial charge in [0, 0.05) is 23.0 Å². The van der Waals surface area contributed by atoms with E-state index in [-0.39, 0.29) is 43.0 Å². The maximum atomic E-state index is 15.3. The third-order valence-electron chi connectivity index (χ3n) is 12.6. The fraction of sp³-hybridized carbons (Fsp3) is 0.204. The van der Waals surface area contributed by atoms with Crippen molar-refractivity contribution >= 4 is 45.7 Å². The predicted molar refractivity (Wildman–Crippen MR) is 218 cm³/mol. The van der Waals surface area contributed by atoms with Crippen molar-refractivity contribution in [2.75, 3.05) is 18.1 Å². The number of aromatic nitrogens is 1. The number of carbonyl (C=O) groups is 4. The van der Waals surface area contributed by atoms with Gasteiger partial charge in [0.2, 0.25) is 17.7 Å². The molecule has 58 heavy (non-hydrogen) atoms. The molecule has 1 N–H and O–H groups in total. The number of hydrogen-bond donors (Lipinski definition) is 1. The van der Waals surface area contributed by atoms with Gasteiger partial charge in [-0.05, 0) is 90.1 Å². The van der Waals surface area contributed by atoms with Gasteiger partial charge in [0.1, 0.15) is 17.9 Å². The van der Waals surface area contributed by atoms with Crippen LogP contribution in [0.2, 0.25) is 0 Å². The molecule has 6 atom stereocenters. The molecule has 9 heteroatoms. The Morgan fingerprint density at radius 2 is 1.47 bits per heavy atom. The first-order valence-electron chi connectivity index (χ1n) is 19.7. The van der Waals surface area contributed by atoms with Gasteiger partial charge in [0.15, 0.2) is 17.1 Å². The van der Waals surface area contributed by atoms with Crippen molar-refractivity contribution in [3.8, 4) is 17.2 Å². The van der Waals surface area contributed by atoms with Gasteiger partial charge in [0.25, 0.3) is 0 Å². The maximum Gasteiger partial charge on any atom is 0.238 e. The molecule has 1 aromatic heterocycles. The first-order chi connectivity index (χ1) is 28.4. The van der Waals surface area contributed by atoms with Crippen LogP contribution in [0.1, 0.15) is 35.4 Å². The van der Waals surface area contributed by atoms with Gasteiger partial charge in [-0.15, -0.1) is 0 Å². The quantitative estimate of drug-likeness (QED) is 0.122. The summed E-state index contributed by atoms with van der Waals surface area (Å²) in [6.45, 7) is -0.0132. The van der Waals surface area contributed by atoms with Crippen LogP contribution >= 0.6 is 0 Å². The van der Waals surface area contributed by atoms with Gasteiger partial charge in [0.05, 0.1) is 29.5 Å². The zero-order valence-corrected chi connectivity index (χ0v) is 31.4. The SMILES string of the molecule is O=C1C(c2ccccc2)=CC(=O)C2(c3ccccc3)C1CC1C(=CCC3C(=O)N(c4ccc(-c5nc6ccccc6o5)cc4)C(=O)C31)C2c1ccc(OCCO)cc1. The van der Waals surface area contributed by atoms with E-state index in [1.54, 1.807) is 24.3 Å². The van der Waals surface area contributed by atoms with Gasteiger partial charge < -0.3 is 14.3 Å². The Labute approximate surface area is 334 Å². The molecule has 2 heterocycles. The molecule has 0 radical (unpaired) electrons. The molecule has 1 saturated carbocycles. The summed E-state index contributed by atoms with van der Waals surface area (Å²) < 4.78 is 11.7. The fourth-order valence-electron chi connectivity index (χ4n) is 10.2. The molecule has 2 amide bonds. The summed E-state index contributed by atoms with van der Waals surface area (Å²) >= 11 is 0. The second-order valence-electron chi connectivity index (χ2n) is 15.5. The van der Waals surface area contributed by atoms with Crippen molar-refractivity contribution in [1.82, 2.24) is 4.98 Å². The van der Waals surface area contributed by atoms with Gasteiger partial charge in [-0.3, -0.25) is 24.1 Å². The number of anilines is 1. The van der Waals surface area contributed by atoms with E-state index in [2.05, 4.69) is 11.1 Å². The van der Waals surface area contributed by atoms with E-state index in [0.717, 1.165) is 22.2 Å². The number of Topliss-reactive ketones (excluding diaryl/α,β-unsaturated/α-hetero) is 1. The molecule has 9 nitrogen and oxygen atoms in total. The van der Waals surface area contributed by atoms with Crippen LogP contribution in [0.25, 0.3) is 28.1 Å². The van der Waals surface area contributed by atoms with Crippen LogP contribution < -0.4 is 9.64 Å². The lowest BCUT2D eigenvalue weighted by molar-refractivity contribution is -0.135. The number of benzene rings is 5. The number of para-hydroxylation sites is 2. The molecule has 0 bridgehead atoms. The zero-order valence-electron chi connectivity index (χ0n) is 31.4. The van der Waals surface area contributed by atoms with Crippen molar-refractivity contribution in [3.05, 3.63) is 168 Å². The van der Waals surface area contributed by atoms with Crippen LogP contribution in [0.3, 0.4) is 0 Å². The van der Waals surface area contributed by atoms with E-state index in [4.69, 9.17) is 9.15 Å². The molecule has 0 spiro atoms. The van der Waals surface area contributed by atoms with Crippen molar-refractivity contribution < 1.29 is 33.4 Å². The Balaban J connectivity index is 1.08. The Hall–Kier alpha value is -6.71. The molecule has 286 valence electrons. The van der Waals surface area contributed by atoms with Crippen LogP contribution in [0.4, 0.5) is 5.69 Å². The topological polar surface area (TPSA) is 127 Å². The van der Waals surface area contributed by atoms with Crippen LogP contribution in [0.15, 0.2) is 156 Å². The van der Waals surface area contributed by atoms with Crippen molar-refractivity contribution in [3.63, 3.8) is 0 Å². The van der Waals surface area contributed by atoms with Crippen molar-refractivity contribution in [2.45, 2.75) is 24.2 Å². The summed E-state index contributed by atoms with van der Waals surface area (Å²) in [7, 11) is 0. The van der Waals surface area contributed by atoms with Gasteiger partial charge >= 0.3 is 0 Å². The third-order valence-corrected chi connectivity index (χ3v) is 12.6. The van der Waals surface area contributed by atoms with E-state index in [0.29, 0.717) is 46.0 Å². The number of fused-ring (bicyclic) bond motifs is 5. The molecule has 1 aliphatic heterocycles. The predicted octanol–water partition coefficient (Wildman–Crippen LogP) is 7.89. The summed E-state index contributed by atoms with van der Waals surface area (Å²) in [5, 5.41) is 9.38. The summed E-state index contributed by atoms with van der Waals surface area (Å²) in [6.07, 6.45) is 4.12. The average molecular weight is 767 g/mol. The van der Waals surface area contributed by atoms with E-state index in [1.165, 1.54) is 11.0 Å². The minimum atomic E-state index is -1.33. The normalized spacial score (nSPS) is 25.2.